The largest absolute Gasteiger partial charge is 0.446 e. The van der Waals surface area contributed by atoms with Crippen LogP contribution in [-0.2, 0) is 4.74 Å². The van der Waals surface area contributed by atoms with Crippen LogP contribution in [0.1, 0.15) is 38.5 Å². The second-order valence-electron chi connectivity index (χ2n) is 7.14. The van der Waals surface area contributed by atoms with E-state index in [1.165, 1.54) is 25.7 Å². The molecule has 4 heteroatoms. The van der Waals surface area contributed by atoms with Crippen molar-refractivity contribution in [2.45, 2.75) is 50.7 Å². The van der Waals surface area contributed by atoms with Crippen LogP contribution in [0.3, 0.4) is 0 Å². The highest BCUT2D eigenvalue weighted by molar-refractivity contribution is 5.66. The van der Waals surface area contributed by atoms with Gasteiger partial charge in [-0.2, -0.15) is 0 Å². The summed E-state index contributed by atoms with van der Waals surface area (Å²) in [5.41, 5.74) is 0. The highest BCUT2D eigenvalue weighted by atomic mass is 16.6. The minimum atomic E-state index is -0.278. The Morgan fingerprint density at radius 2 is 1.84 bits per heavy atom. The lowest BCUT2D eigenvalue weighted by Gasteiger charge is -2.49. The normalized spacial score (nSPS) is 35.4. The molecule has 0 bridgehead atoms. The van der Waals surface area contributed by atoms with Crippen LogP contribution in [0.5, 0.6) is 0 Å². The van der Waals surface area contributed by atoms with Crippen LogP contribution in [0.4, 0.5) is 4.79 Å². The molecule has 0 aliphatic heterocycles. The number of quaternary nitrogens is 1. The van der Waals surface area contributed by atoms with Gasteiger partial charge in [-0.25, -0.2) is 4.79 Å². The second kappa shape index (κ2) is 5.70. The summed E-state index contributed by atoms with van der Waals surface area (Å²) in [4.78, 5) is 11.5. The number of carbonyl (C=O) groups is 1. The van der Waals surface area contributed by atoms with E-state index in [-0.39, 0.29) is 12.2 Å². The Labute approximate surface area is 117 Å². The van der Waals surface area contributed by atoms with Crippen molar-refractivity contribution in [3.05, 3.63) is 0 Å². The number of hydrogen-bond acceptors (Lipinski definition) is 2. The molecule has 0 radical (unpaired) electrons. The van der Waals surface area contributed by atoms with Crippen LogP contribution < -0.4 is 5.32 Å². The maximum absolute atomic E-state index is 11.5. The van der Waals surface area contributed by atoms with E-state index >= 15 is 0 Å². The fourth-order valence-electron chi connectivity index (χ4n) is 4.11. The van der Waals surface area contributed by atoms with Gasteiger partial charge in [-0.05, 0) is 25.2 Å². The summed E-state index contributed by atoms with van der Waals surface area (Å²) in [5, 5.41) is 2.57. The summed E-state index contributed by atoms with van der Waals surface area (Å²) in [6.07, 6.45) is 7.29. The van der Waals surface area contributed by atoms with E-state index < -0.39 is 0 Å². The number of fused-ring (bicyclic) bond motifs is 1. The maximum atomic E-state index is 11.5. The van der Waals surface area contributed by atoms with Gasteiger partial charge in [0.15, 0.2) is 0 Å². The number of ether oxygens (including phenoxy) is 1. The number of carbonyl (C=O) groups excluding carboxylic acids is 1. The minimum Gasteiger partial charge on any atom is -0.446 e. The topological polar surface area (TPSA) is 38.3 Å². The lowest BCUT2D eigenvalue weighted by molar-refractivity contribution is -0.902. The second-order valence-corrected chi connectivity index (χ2v) is 7.14. The molecule has 19 heavy (non-hydrogen) atoms. The molecule has 1 N–H and O–H groups in total. The Morgan fingerprint density at radius 1 is 1.16 bits per heavy atom. The molecule has 4 unspecified atom stereocenters. The number of rotatable bonds is 2. The molecule has 2 aliphatic rings. The summed E-state index contributed by atoms with van der Waals surface area (Å²) in [5.74, 6) is 1.57. The molecular formula is C15H29N2O2+. The predicted molar refractivity (Wildman–Crippen MR) is 75.8 cm³/mol. The number of alkyl carbamates (subject to hydrolysis) is 1. The Kier molecular flexibility index (Phi) is 4.39. The lowest BCUT2D eigenvalue weighted by Crippen LogP contribution is -2.56. The first-order chi connectivity index (χ1) is 8.91. The summed E-state index contributed by atoms with van der Waals surface area (Å²) < 4.78 is 6.54. The molecule has 4 nitrogen and oxygen atoms in total. The highest BCUT2D eigenvalue weighted by Gasteiger charge is 2.45. The van der Waals surface area contributed by atoms with Gasteiger partial charge in [0.1, 0.15) is 6.10 Å². The van der Waals surface area contributed by atoms with Crippen molar-refractivity contribution in [2.24, 2.45) is 11.8 Å². The van der Waals surface area contributed by atoms with Crippen molar-refractivity contribution >= 4 is 6.09 Å². The third-order valence-electron chi connectivity index (χ3n) is 5.00. The van der Waals surface area contributed by atoms with Crippen molar-refractivity contribution < 1.29 is 14.0 Å². The predicted octanol–water partition coefficient (Wildman–Crippen LogP) is 2.39. The lowest BCUT2D eigenvalue weighted by atomic mass is 9.66. The highest BCUT2D eigenvalue weighted by Crippen LogP contribution is 2.44. The number of hydrogen-bond donors (Lipinski definition) is 1. The zero-order valence-electron chi connectivity index (χ0n) is 12.8. The van der Waals surface area contributed by atoms with Gasteiger partial charge in [0.05, 0.1) is 27.2 Å². The van der Waals surface area contributed by atoms with Gasteiger partial charge in [-0.3, -0.25) is 0 Å². The van der Waals surface area contributed by atoms with E-state index in [4.69, 9.17) is 4.74 Å². The Morgan fingerprint density at radius 3 is 2.47 bits per heavy atom. The van der Waals surface area contributed by atoms with Crippen molar-refractivity contribution in [2.75, 3.05) is 28.2 Å². The van der Waals surface area contributed by atoms with E-state index in [0.717, 1.165) is 29.2 Å². The zero-order valence-corrected chi connectivity index (χ0v) is 12.8. The van der Waals surface area contributed by atoms with Crippen molar-refractivity contribution in [1.82, 2.24) is 5.32 Å². The van der Waals surface area contributed by atoms with Gasteiger partial charge in [0.25, 0.3) is 0 Å². The van der Waals surface area contributed by atoms with Crippen molar-refractivity contribution in [3.63, 3.8) is 0 Å². The molecule has 0 aromatic carbocycles. The molecule has 110 valence electrons. The maximum Gasteiger partial charge on any atom is 0.407 e. The summed E-state index contributed by atoms with van der Waals surface area (Å²) in [6, 6.07) is 0.619. The average Bonchev–Trinajstić information content (AvgIpc) is 2.36. The fraction of sp³-hybridized carbons (Fsp3) is 0.933. The van der Waals surface area contributed by atoms with Crippen molar-refractivity contribution in [1.29, 1.82) is 0 Å². The Balaban J connectivity index is 2.09. The number of nitrogens with zero attached hydrogens (tertiary/aromatic N) is 1. The van der Waals surface area contributed by atoms with E-state index in [2.05, 4.69) is 26.5 Å². The monoisotopic (exact) mass is 269 g/mol. The molecule has 2 aliphatic carbocycles. The molecule has 2 rings (SSSR count). The average molecular weight is 269 g/mol. The van der Waals surface area contributed by atoms with Gasteiger partial charge < -0.3 is 14.5 Å². The van der Waals surface area contributed by atoms with Crippen LogP contribution in [0.25, 0.3) is 0 Å². The van der Waals surface area contributed by atoms with Crippen LogP contribution in [-0.4, -0.2) is 50.9 Å². The quantitative estimate of drug-likeness (QED) is 0.782. The molecule has 4 atom stereocenters. The first-order valence-corrected chi connectivity index (χ1v) is 7.61. The zero-order chi connectivity index (χ0) is 14.0. The molecular weight excluding hydrogens is 240 g/mol. The molecule has 2 saturated carbocycles. The van der Waals surface area contributed by atoms with Gasteiger partial charge in [0.2, 0.25) is 0 Å². The van der Waals surface area contributed by atoms with Gasteiger partial charge >= 0.3 is 6.09 Å². The molecule has 0 aromatic rings. The molecule has 1 amide bonds. The smallest absolute Gasteiger partial charge is 0.407 e. The fourth-order valence-corrected chi connectivity index (χ4v) is 4.11. The van der Waals surface area contributed by atoms with E-state index in [9.17, 15) is 4.79 Å². The summed E-state index contributed by atoms with van der Waals surface area (Å²) in [7, 11) is 8.46. The number of amides is 1. The SMILES string of the molecule is CNC(=O)OC1CC2CCCCC2C([N+](C)(C)C)C1. The van der Waals surface area contributed by atoms with E-state index in [1.54, 1.807) is 7.05 Å². The minimum absolute atomic E-state index is 0.0987. The number of nitrogens with one attached hydrogen (secondary N) is 1. The standard InChI is InChI=1S/C15H28N2O2/c1-16-15(18)19-12-9-11-7-5-6-8-13(11)14(10-12)17(2,3)4/h11-14H,5-10H2,1-4H3/p+1. The van der Waals surface area contributed by atoms with Crippen LogP contribution in [0, 0.1) is 11.8 Å². The molecule has 2 fully saturated rings. The summed E-state index contributed by atoms with van der Waals surface area (Å²) >= 11 is 0. The van der Waals surface area contributed by atoms with Gasteiger partial charge in [-0.15, -0.1) is 0 Å². The van der Waals surface area contributed by atoms with Crippen molar-refractivity contribution in [3.8, 4) is 0 Å². The van der Waals surface area contributed by atoms with Crippen LogP contribution in [0.15, 0.2) is 0 Å². The molecule has 0 saturated heterocycles. The van der Waals surface area contributed by atoms with Gasteiger partial charge in [-0.1, -0.05) is 12.8 Å². The first kappa shape index (κ1) is 14.6. The third-order valence-corrected chi connectivity index (χ3v) is 5.00. The van der Waals surface area contributed by atoms with Crippen LogP contribution in [0.2, 0.25) is 0 Å². The molecule has 0 heterocycles. The summed E-state index contributed by atoms with van der Waals surface area (Å²) in [6.45, 7) is 0. The molecule has 0 spiro atoms. The van der Waals surface area contributed by atoms with E-state index in [0.29, 0.717) is 6.04 Å². The van der Waals surface area contributed by atoms with Crippen LogP contribution >= 0.6 is 0 Å². The Hall–Kier alpha value is -0.770. The third kappa shape index (κ3) is 3.41. The van der Waals surface area contributed by atoms with E-state index in [1.807, 2.05) is 0 Å². The molecule has 0 aromatic heterocycles. The first-order valence-electron chi connectivity index (χ1n) is 7.61. The van der Waals surface area contributed by atoms with Gasteiger partial charge in [0, 0.05) is 19.4 Å². The Bertz CT molecular complexity index is 325.